The summed E-state index contributed by atoms with van der Waals surface area (Å²) in [6.45, 7) is 2.25. The van der Waals surface area contributed by atoms with Gasteiger partial charge in [-0.1, -0.05) is 0 Å². The van der Waals surface area contributed by atoms with Crippen LogP contribution >= 0.6 is 0 Å². The molecule has 1 amide bonds. The number of nitrogens with one attached hydrogen (secondary N) is 1. The molecule has 2 unspecified atom stereocenters. The van der Waals surface area contributed by atoms with Crippen molar-refractivity contribution in [1.29, 1.82) is 0 Å². The normalized spacial score (nSPS) is 30.6. The number of amides is 1. The predicted molar refractivity (Wildman–Crippen MR) is 71.5 cm³/mol. The number of nitrogens with zero attached hydrogens (tertiary/aromatic N) is 1. The van der Waals surface area contributed by atoms with Crippen molar-refractivity contribution in [1.82, 2.24) is 10.2 Å². The van der Waals surface area contributed by atoms with E-state index in [9.17, 15) is 13.2 Å². The molecule has 0 saturated carbocycles. The Hall–Kier alpha value is -0.660. The minimum Gasteiger partial charge on any atom is -0.396 e. The fourth-order valence-corrected chi connectivity index (χ4v) is 4.53. The summed E-state index contributed by atoms with van der Waals surface area (Å²) < 4.78 is 22.6. The summed E-state index contributed by atoms with van der Waals surface area (Å²) in [7, 11) is -2.94. The summed E-state index contributed by atoms with van der Waals surface area (Å²) in [5, 5.41) is 11.7. The van der Waals surface area contributed by atoms with E-state index in [2.05, 4.69) is 10.2 Å². The van der Waals surface area contributed by atoms with Crippen LogP contribution in [0.5, 0.6) is 0 Å². The molecule has 6 nitrogen and oxygen atoms in total. The van der Waals surface area contributed by atoms with E-state index in [4.69, 9.17) is 5.11 Å². The number of carbonyl (C=O) groups excluding carboxylic acids is 1. The third kappa shape index (κ3) is 4.43. The Kier molecular flexibility index (Phi) is 4.81. The number of rotatable bonds is 5. The molecule has 110 valence electrons. The smallest absolute Gasteiger partial charge is 0.234 e. The van der Waals surface area contributed by atoms with Crippen LogP contribution < -0.4 is 5.32 Å². The molecule has 0 radical (unpaired) electrons. The van der Waals surface area contributed by atoms with Crippen molar-refractivity contribution in [2.24, 2.45) is 5.92 Å². The topological polar surface area (TPSA) is 86.7 Å². The number of likely N-dealkylation sites (tertiary alicyclic amines) is 1. The minimum absolute atomic E-state index is 0.0753. The molecule has 0 spiro atoms. The van der Waals surface area contributed by atoms with Crippen molar-refractivity contribution < 1.29 is 18.3 Å². The average Bonchev–Trinajstić information content (AvgIpc) is 2.86. The molecule has 7 heteroatoms. The fraction of sp³-hybridized carbons (Fsp3) is 0.917. The van der Waals surface area contributed by atoms with E-state index in [1.807, 2.05) is 0 Å². The fourth-order valence-electron chi connectivity index (χ4n) is 2.86. The van der Waals surface area contributed by atoms with Crippen LogP contribution in [0.25, 0.3) is 0 Å². The molecule has 2 atom stereocenters. The zero-order valence-corrected chi connectivity index (χ0v) is 11.9. The van der Waals surface area contributed by atoms with Gasteiger partial charge >= 0.3 is 0 Å². The molecule has 0 aromatic carbocycles. The van der Waals surface area contributed by atoms with E-state index < -0.39 is 9.84 Å². The molecule has 2 rings (SSSR count). The Bertz CT molecular complexity index is 423. The number of hydrogen-bond acceptors (Lipinski definition) is 5. The molecule has 0 aromatic rings. The summed E-state index contributed by atoms with van der Waals surface area (Å²) in [5.41, 5.74) is 0. The lowest BCUT2D eigenvalue weighted by atomic mass is 10.1. The van der Waals surface area contributed by atoms with Gasteiger partial charge in [0.15, 0.2) is 9.84 Å². The standard InChI is InChI=1S/C12H22N2O4S/c15-5-2-10-1-4-14(7-10)8-12(16)13-11-3-6-19(17,18)9-11/h10-11,15H,1-9H2,(H,13,16). The molecular weight excluding hydrogens is 268 g/mol. The molecule has 0 aliphatic carbocycles. The van der Waals surface area contributed by atoms with E-state index in [0.717, 1.165) is 25.9 Å². The molecule has 2 fully saturated rings. The van der Waals surface area contributed by atoms with Gasteiger partial charge in [-0.3, -0.25) is 9.69 Å². The third-order valence-electron chi connectivity index (χ3n) is 3.87. The van der Waals surface area contributed by atoms with Crippen molar-refractivity contribution in [3.05, 3.63) is 0 Å². The van der Waals surface area contributed by atoms with Gasteiger partial charge in [-0.05, 0) is 31.7 Å². The first kappa shape index (κ1) is 14.7. The highest BCUT2D eigenvalue weighted by Gasteiger charge is 2.30. The van der Waals surface area contributed by atoms with Crippen molar-refractivity contribution in [3.63, 3.8) is 0 Å². The SMILES string of the molecule is O=C(CN1CCC(CCO)C1)NC1CCS(=O)(=O)C1. The number of hydrogen-bond donors (Lipinski definition) is 2. The first-order chi connectivity index (χ1) is 8.98. The molecule has 0 aromatic heterocycles. The number of sulfone groups is 1. The van der Waals surface area contributed by atoms with Gasteiger partial charge in [0, 0.05) is 19.2 Å². The molecule has 2 heterocycles. The molecule has 2 aliphatic rings. The summed E-state index contributed by atoms with van der Waals surface area (Å²) in [4.78, 5) is 13.9. The maximum absolute atomic E-state index is 11.8. The molecule has 0 bridgehead atoms. The summed E-state index contributed by atoms with van der Waals surface area (Å²) in [6.07, 6.45) is 2.34. The third-order valence-corrected chi connectivity index (χ3v) is 5.64. The van der Waals surface area contributed by atoms with Crippen LogP contribution in [-0.2, 0) is 14.6 Å². The monoisotopic (exact) mass is 290 g/mol. The Morgan fingerprint density at radius 1 is 1.37 bits per heavy atom. The summed E-state index contributed by atoms with van der Waals surface area (Å²) in [5.74, 6) is 0.642. The Labute approximate surface area is 114 Å². The van der Waals surface area contributed by atoms with Gasteiger partial charge < -0.3 is 10.4 Å². The number of aliphatic hydroxyl groups is 1. The predicted octanol–water partition coefficient (Wildman–Crippen LogP) is -1.01. The van der Waals surface area contributed by atoms with Gasteiger partial charge in [0.25, 0.3) is 0 Å². The van der Waals surface area contributed by atoms with Crippen LogP contribution in [0.1, 0.15) is 19.3 Å². The molecule has 2 aliphatic heterocycles. The van der Waals surface area contributed by atoms with Gasteiger partial charge in [0.1, 0.15) is 0 Å². The second-order valence-corrected chi connectivity index (χ2v) is 7.80. The Morgan fingerprint density at radius 2 is 2.16 bits per heavy atom. The molecule has 2 saturated heterocycles. The van der Waals surface area contributed by atoms with E-state index >= 15 is 0 Å². The van der Waals surface area contributed by atoms with Gasteiger partial charge in [-0.25, -0.2) is 8.42 Å². The van der Waals surface area contributed by atoms with E-state index in [0.29, 0.717) is 18.9 Å². The highest BCUT2D eigenvalue weighted by molar-refractivity contribution is 7.91. The highest BCUT2D eigenvalue weighted by atomic mass is 32.2. The maximum atomic E-state index is 11.8. The van der Waals surface area contributed by atoms with Crippen LogP contribution in [-0.4, -0.2) is 68.1 Å². The second kappa shape index (κ2) is 6.19. The lowest BCUT2D eigenvalue weighted by Crippen LogP contribution is -2.42. The van der Waals surface area contributed by atoms with Crippen molar-refractivity contribution >= 4 is 15.7 Å². The first-order valence-electron chi connectivity index (χ1n) is 6.81. The second-order valence-electron chi connectivity index (χ2n) is 5.57. The van der Waals surface area contributed by atoms with Crippen molar-refractivity contribution in [3.8, 4) is 0 Å². The van der Waals surface area contributed by atoms with Crippen LogP contribution in [0.2, 0.25) is 0 Å². The number of aliphatic hydroxyl groups excluding tert-OH is 1. The van der Waals surface area contributed by atoms with Gasteiger partial charge in [0.2, 0.25) is 5.91 Å². The quantitative estimate of drug-likeness (QED) is 0.678. The average molecular weight is 290 g/mol. The maximum Gasteiger partial charge on any atom is 0.234 e. The van der Waals surface area contributed by atoms with Gasteiger partial charge in [-0.2, -0.15) is 0 Å². The lowest BCUT2D eigenvalue weighted by Gasteiger charge is -2.17. The van der Waals surface area contributed by atoms with E-state index in [1.54, 1.807) is 0 Å². The first-order valence-corrected chi connectivity index (χ1v) is 8.63. The van der Waals surface area contributed by atoms with Crippen LogP contribution in [0.4, 0.5) is 0 Å². The van der Waals surface area contributed by atoms with Gasteiger partial charge in [-0.15, -0.1) is 0 Å². The summed E-state index contributed by atoms with van der Waals surface area (Å²) in [6, 6.07) is -0.214. The Balaban J connectivity index is 1.71. The minimum atomic E-state index is -2.94. The largest absolute Gasteiger partial charge is 0.396 e. The zero-order valence-electron chi connectivity index (χ0n) is 11.0. The molecular formula is C12H22N2O4S. The summed E-state index contributed by atoms with van der Waals surface area (Å²) >= 11 is 0. The van der Waals surface area contributed by atoms with E-state index in [1.165, 1.54) is 0 Å². The van der Waals surface area contributed by atoms with Crippen LogP contribution in [0, 0.1) is 5.92 Å². The van der Waals surface area contributed by atoms with Crippen LogP contribution in [0.15, 0.2) is 0 Å². The zero-order chi connectivity index (χ0) is 13.9. The van der Waals surface area contributed by atoms with Crippen molar-refractivity contribution in [2.45, 2.75) is 25.3 Å². The number of carbonyl (C=O) groups is 1. The van der Waals surface area contributed by atoms with Crippen molar-refractivity contribution in [2.75, 3.05) is 37.7 Å². The highest BCUT2D eigenvalue weighted by Crippen LogP contribution is 2.18. The van der Waals surface area contributed by atoms with Gasteiger partial charge in [0.05, 0.1) is 18.1 Å². The Morgan fingerprint density at radius 3 is 2.79 bits per heavy atom. The lowest BCUT2D eigenvalue weighted by molar-refractivity contribution is -0.122. The van der Waals surface area contributed by atoms with E-state index in [-0.39, 0.29) is 30.1 Å². The van der Waals surface area contributed by atoms with Crippen LogP contribution in [0.3, 0.4) is 0 Å². The molecule has 2 N–H and O–H groups in total. The molecule has 19 heavy (non-hydrogen) atoms.